The van der Waals surface area contributed by atoms with E-state index in [9.17, 15) is 9.59 Å². The quantitative estimate of drug-likeness (QED) is 0.321. The number of rotatable bonds is 4. The highest BCUT2D eigenvalue weighted by atomic mass is 35.5. The first kappa shape index (κ1) is 25.3. The molecule has 0 aliphatic heterocycles. The second kappa shape index (κ2) is 9.50. The van der Waals surface area contributed by atoms with Crippen molar-refractivity contribution >= 4 is 39.9 Å². The van der Waals surface area contributed by atoms with Crippen molar-refractivity contribution in [2.45, 2.75) is 52.4 Å². The van der Waals surface area contributed by atoms with Crippen molar-refractivity contribution < 1.29 is 4.74 Å². The first-order valence-electron chi connectivity index (χ1n) is 12.1. The zero-order valence-corrected chi connectivity index (χ0v) is 22.3. The van der Waals surface area contributed by atoms with Gasteiger partial charge in [0.1, 0.15) is 5.75 Å². The Hall–Kier alpha value is -3.36. The molecule has 3 N–H and O–H groups in total. The first-order valence-corrected chi connectivity index (χ1v) is 12.8. The van der Waals surface area contributed by atoms with E-state index in [0.717, 1.165) is 39.7 Å². The monoisotopic (exact) mass is 539 g/mol. The number of aromatic nitrogens is 4. The number of halogens is 2. The van der Waals surface area contributed by atoms with Crippen LogP contribution in [-0.2, 0) is 0 Å². The zero-order valence-electron chi connectivity index (χ0n) is 20.8. The van der Waals surface area contributed by atoms with Crippen LogP contribution in [0.5, 0.6) is 11.5 Å². The average Bonchev–Trinajstić information content (AvgIpc) is 2.83. The van der Waals surface area contributed by atoms with Crippen molar-refractivity contribution in [1.29, 1.82) is 0 Å². The van der Waals surface area contributed by atoms with Crippen molar-refractivity contribution in [3.05, 3.63) is 78.5 Å². The van der Waals surface area contributed by atoms with Crippen LogP contribution in [0.1, 0.15) is 56.7 Å². The van der Waals surface area contributed by atoms with Crippen LogP contribution in [0.15, 0.2) is 46.0 Å². The number of pyridine rings is 1. The molecule has 1 saturated carbocycles. The van der Waals surface area contributed by atoms with E-state index in [4.69, 9.17) is 38.7 Å². The normalized spacial score (nSPS) is 15.7. The maximum absolute atomic E-state index is 12.2. The molecule has 0 radical (unpaired) electrons. The third kappa shape index (κ3) is 5.08. The average molecular weight is 540 g/mol. The smallest absolute Gasteiger partial charge is 0.349 e. The Morgan fingerprint density at radius 3 is 2.43 bits per heavy atom. The second-order valence-corrected chi connectivity index (χ2v) is 11.2. The van der Waals surface area contributed by atoms with Gasteiger partial charge in [-0.05, 0) is 80.0 Å². The molecular formula is C27H27Cl2N5O3. The predicted molar refractivity (Wildman–Crippen MR) is 146 cm³/mol. The van der Waals surface area contributed by atoms with Crippen LogP contribution in [0.2, 0.25) is 10.0 Å². The molecule has 4 aromatic rings. The fraction of sp³-hybridized carbons (Fsp3) is 0.333. The van der Waals surface area contributed by atoms with Crippen LogP contribution in [0, 0.1) is 12.3 Å². The number of ether oxygens (including phenoxy) is 1. The highest BCUT2D eigenvalue weighted by molar-refractivity contribution is 6.37. The minimum absolute atomic E-state index is 0.159. The molecule has 0 spiro atoms. The Kier molecular flexibility index (Phi) is 6.50. The summed E-state index contributed by atoms with van der Waals surface area (Å²) < 4.78 is 6.97. The van der Waals surface area contributed by atoms with Crippen LogP contribution in [0.25, 0.3) is 16.6 Å². The predicted octanol–water partition coefficient (Wildman–Crippen LogP) is 6.14. The molecule has 2 heterocycles. The second-order valence-electron chi connectivity index (χ2n) is 10.4. The standard InChI is InChI=1S/C27H27Cl2N5O3/c1-14-10-22(15-6-8-27(2,3)9-7-15)31-21-5-4-17(13-18(14)21)37-23-19(28)11-16(12-20(23)29)34-26(36)32-25(35)24(30)33-34/h4-5,10-13,15H,6-9H2,1-3H3,(H2,30,33)(H,32,35,36). The topological polar surface area (TPSA) is 116 Å². The minimum atomic E-state index is -0.770. The Bertz CT molecular complexity index is 1610. The van der Waals surface area contributed by atoms with Crippen molar-refractivity contribution in [2.24, 2.45) is 5.41 Å². The van der Waals surface area contributed by atoms with Gasteiger partial charge in [-0.15, -0.1) is 5.10 Å². The van der Waals surface area contributed by atoms with E-state index in [-0.39, 0.29) is 27.3 Å². The molecule has 5 rings (SSSR count). The Labute approximate surface area is 223 Å². The van der Waals surface area contributed by atoms with E-state index >= 15 is 0 Å². The van der Waals surface area contributed by atoms with Gasteiger partial charge in [-0.3, -0.25) is 14.8 Å². The molecule has 37 heavy (non-hydrogen) atoms. The van der Waals surface area contributed by atoms with Gasteiger partial charge in [0.25, 0.3) is 5.56 Å². The van der Waals surface area contributed by atoms with Gasteiger partial charge in [0, 0.05) is 17.0 Å². The van der Waals surface area contributed by atoms with Gasteiger partial charge in [-0.2, -0.15) is 4.68 Å². The number of hydrogen-bond donors (Lipinski definition) is 2. The molecule has 192 valence electrons. The van der Waals surface area contributed by atoms with Crippen LogP contribution in [0.3, 0.4) is 0 Å². The SMILES string of the molecule is Cc1cc(C2CCC(C)(C)CC2)nc2ccc(Oc3c(Cl)cc(-n4nc(N)c(=O)[nH]c4=O)cc3Cl)cc12. The molecule has 1 aliphatic rings. The number of anilines is 1. The number of nitrogens with one attached hydrogen (secondary N) is 1. The first-order chi connectivity index (χ1) is 17.5. The molecule has 1 aliphatic carbocycles. The fourth-order valence-electron chi connectivity index (χ4n) is 4.84. The fourth-order valence-corrected chi connectivity index (χ4v) is 5.39. The lowest BCUT2D eigenvalue weighted by molar-refractivity contribution is 0.223. The Morgan fingerprint density at radius 1 is 1.08 bits per heavy atom. The van der Waals surface area contributed by atoms with Gasteiger partial charge < -0.3 is 10.5 Å². The van der Waals surface area contributed by atoms with Crippen LogP contribution < -0.4 is 21.7 Å². The van der Waals surface area contributed by atoms with Gasteiger partial charge >= 0.3 is 5.69 Å². The van der Waals surface area contributed by atoms with Crippen molar-refractivity contribution in [2.75, 3.05) is 5.73 Å². The summed E-state index contributed by atoms with van der Waals surface area (Å²) in [7, 11) is 0. The van der Waals surface area contributed by atoms with Crippen LogP contribution >= 0.6 is 23.2 Å². The van der Waals surface area contributed by atoms with Gasteiger partial charge in [0.05, 0.1) is 21.2 Å². The third-order valence-electron chi connectivity index (χ3n) is 7.06. The summed E-state index contributed by atoms with van der Waals surface area (Å²) in [6, 6.07) is 10.8. The van der Waals surface area contributed by atoms with E-state index in [2.05, 4.69) is 36.9 Å². The summed E-state index contributed by atoms with van der Waals surface area (Å²) in [4.78, 5) is 30.8. The van der Waals surface area contributed by atoms with Crippen LogP contribution in [0.4, 0.5) is 5.82 Å². The summed E-state index contributed by atoms with van der Waals surface area (Å²) in [5, 5.41) is 5.11. The summed E-state index contributed by atoms with van der Waals surface area (Å²) in [6.07, 6.45) is 4.74. The number of fused-ring (bicyclic) bond motifs is 1. The summed E-state index contributed by atoms with van der Waals surface area (Å²) in [5.74, 6) is 0.902. The molecule has 2 aromatic heterocycles. The highest BCUT2D eigenvalue weighted by Crippen LogP contribution is 2.43. The number of aryl methyl sites for hydroxylation is 1. The zero-order chi connectivity index (χ0) is 26.5. The van der Waals surface area contributed by atoms with E-state index in [0.29, 0.717) is 17.1 Å². The van der Waals surface area contributed by atoms with Gasteiger partial charge in [-0.1, -0.05) is 37.0 Å². The number of nitrogens with two attached hydrogens (primary N) is 1. The molecule has 10 heteroatoms. The number of nitrogen functional groups attached to an aromatic ring is 1. The molecule has 2 aromatic carbocycles. The van der Waals surface area contributed by atoms with Crippen molar-refractivity contribution in [3.63, 3.8) is 0 Å². The molecule has 0 unspecified atom stereocenters. The number of nitrogens with zero attached hydrogens (tertiary/aromatic N) is 3. The molecule has 0 saturated heterocycles. The maximum atomic E-state index is 12.2. The summed E-state index contributed by atoms with van der Waals surface area (Å²) >= 11 is 12.9. The van der Waals surface area contributed by atoms with E-state index < -0.39 is 11.2 Å². The van der Waals surface area contributed by atoms with E-state index in [1.165, 1.54) is 25.0 Å². The largest absolute Gasteiger partial charge is 0.454 e. The Balaban J connectivity index is 1.43. The van der Waals surface area contributed by atoms with Crippen LogP contribution in [-0.4, -0.2) is 19.7 Å². The van der Waals surface area contributed by atoms with Gasteiger partial charge in [0.15, 0.2) is 5.75 Å². The molecular weight excluding hydrogens is 513 g/mol. The van der Waals surface area contributed by atoms with Gasteiger partial charge in [0.2, 0.25) is 5.82 Å². The highest BCUT2D eigenvalue weighted by Gasteiger charge is 2.28. The number of benzene rings is 2. The molecule has 1 fully saturated rings. The third-order valence-corrected chi connectivity index (χ3v) is 7.63. The molecule has 8 nitrogen and oxygen atoms in total. The lowest BCUT2D eigenvalue weighted by atomic mass is 9.72. The molecule has 0 bridgehead atoms. The summed E-state index contributed by atoms with van der Waals surface area (Å²) in [6.45, 7) is 6.76. The summed E-state index contributed by atoms with van der Waals surface area (Å²) in [5.41, 5.74) is 7.85. The number of hydrogen-bond acceptors (Lipinski definition) is 6. The molecule has 0 atom stereocenters. The Morgan fingerprint density at radius 2 is 1.76 bits per heavy atom. The maximum Gasteiger partial charge on any atom is 0.349 e. The molecule has 0 amide bonds. The lowest BCUT2D eigenvalue weighted by Gasteiger charge is -2.34. The number of H-pyrrole nitrogens is 1. The van der Waals surface area contributed by atoms with E-state index in [1.54, 1.807) is 0 Å². The van der Waals surface area contributed by atoms with Gasteiger partial charge in [-0.25, -0.2) is 4.79 Å². The van der Waals surface area contributed by atoms with Crippen molar-refractivity contribution in [1.82, 2.24) is 19.7 Å². The minimum Gasteiger partial charge on any atom is -0.454 e. The number of aromatic amines is 1. The van der Waals surface area contributed by atoms with E-state index in [1.807, 2.05) is 18.2 Å². The lowest BCUT2D eigenvalue weighted by Crippen LogP contribution is -2.33. The van der Waals surface area contributed by atoms with Crippen molar-refractivity contribution in [3.8, 4) is 17.2 Å².